The maximum Gasteiger partial charge on any atom is 0.229 e. The van der Waals surface area contributed by atoms with Gasteiger partial charge in [0.05, 0.1) is 0 Å². The summed E-state index contributed by atoms with van der Waals surface area (Å²) in [4.78, 5) is 8.68. The van der Waals surface area contributed by atoms with E-state index in [1.54, 1.807) is 6.20 Å². The van der Waals surface area contributed by atoms with Gasteiger partial charge in [0, 0.05) is 24.7 Å². The monoisotopic (exact) mass is 271 g/mol. The van der Waals surface area contributed by atoms with Crippen LogP contribution >= 0.6 is 0 Å². The van der Waals surface area contributed by atoms with Crippen LogP contribution in [0.25, 0.3) is 0 Å². The van der Waals surface area contributed by atoms with Gasteiger partial charge in [0.1, 0.15) is 0 Å². The van der Waals surface area contributed by atoms with Crippen molar-refractivity contribution in [2.45, 2.75) is 51.4 Å². The van der Waals surface area contributed by atoms with E-state index < -0.39 is 0 Å². The van der Waals surface area contributed by atoms with Crippen molar-refractivity contribution in [1.29, 1.82) is 0 Å². The standard InChI is InChI=1S/C16H21N3O/c1-2-12-5-7-14(8-6-12)16-18-15(19-20-16)10-13-4-3-9-17-11-13/h3-4,9,11-12,14H,2,5-8,10H2,1H3. The van der Waals surface area contributed by atoms with E-state index in [0.717, 1.165) is 23.2 Å². The molecule has 1 fully saturated rings. The molecule has 0 radical (unpaired) electrons. The number of nitrogens with zero attached hydrogens (tertiary/aromatic N) is 3. The van der Waals surface area contributed by atoms with Crippen molar-refractivity contribution in [3.63, 3.8) is 0 Å². The molecule has 0 aliphatic heterocycles. The minimum Gasteiger partial charge on any atom is -0.339 e. The molecule has 0 aromatic carbocycles. The van der Waals surface area contributed by atoms with Crippen molar-refractivity contribution in [1.82, 2.24) is 15.1 Å². The Hall–Kier alpha value is -1.71. The van der Waals surface area contributed by atoms with Gasteiger partial charge in [0.25, 0.3) is 0 Å². The van der Waals surface area contributed by atoms with Gasteiger partial charge in [0.15, 0.2) is 5.82 Å². The molecule has 1 saturated carbocycles. The van der Waals surface area contributed by atoms with E-state index in [1.807, 2.05) is 18.3 Å². The van der Waals surface area contributed by atoms with Crippen LogP contribution < -0.4 is 0 Å². The van der Waals surface area contributed by atoms with Crippen LogP contribution in [0.4, 0.5) is 0 Å². The first kappa shape index (κ1) is 13.3. The Labute approximate surface area is 119 Å². The third-order valence-corrected chi connectivity index (χ3v) is 4.34. The third-order valence-electron chi connectivity index (χ3n) is 4.34. The molecule has 106 valence electrons. The average Bonchev–Trinajstić information content (AvgIpc) is 2.97. The van der Waals surface area contributed by atoms with Gasteiger partial charge in [0.2, 0.25) is 5.89 Å². The molecule has 2 aromatic rings. The molecule has 1 aliphatic carbocycles. The van der Waals surface area contributed by atoms with Gasteiger partial charge in [-0.05, 0) is 43.2 Å². The lowest BCUT2D eigenvalue weighted by Gasteiger charge is -2.25. The Morgan fingerprint density at radius 1 is 1.25 bits per heavy atom. The number of rotatable bonds is 4. The van der Waals surface area contributed by atoms with E-state index in [4.69, 9.17) is 4.52 Å². The van der Waals surface area contributed by atoms with Crippen LogP contribution in [-0.2, 0) is 6.42 Å². The lowest BCUT2D eigenvalue weighted by Crippen LogP contribution is -2.12. The number of pyridine rings is 1. The summed E-state index contributed by atoms with van der Waals surface area (Å²) in [6.07, 6.45) is 10.6. The Balaban J connectivity index is 1.62. The minimum absolute atomic E-state index is 0.466. The minimum atomic E-state index is 0.466. The van der Waals surface area contributed by atoms with Gasteiger partial charge in [-0.15, -0.1) is 0 Å². The summed E-state index contributed by atoms with van der Waals surface area (Å²) in [7, 11) is 0. The fraction of sp³-hybridized carbons (Fsp3) is 0.562. The summed E-state index contributed by atoms with van der Waals surface area (Å²) < 4.78 is 5.46. The molecule has 0 saturated heterocycles. The lowest BCUT2D eigenvalue weighted by molar-refractivity contribution is 0.267. The zero-order valence-electron chi connectivity index (χ0n) is 12.0. The first-order chi connectivity index (χ1) is 9.85. The van der Waals surface area contributed by atoms with Gasteiger partial charge in [-0.2, -0.15) is 4.98 Å². The number of aromatic nitrogens is 3. The Bertz CT molecular complexity index is 530. The van der Waals surface area contributed by atoms with Crippen molar-refractivity contribution in [3.8, 4) is 0 Å². The SMILES string of the molecule is CCC1CCC(c2nc(Cc3cccnc3)no2)CC1. The zero-order chi connectivity index (χ0) is 13.8. The molecule has 0 unspecified atom stereocenters. The molecule has 2 aromatic heterocycles. The van der Waals surface area contributed by atoms with Gasteiger partial charge in [-0.3, -0.25) is 4.98 Å². The highest BCUT2D eigenvalue weighted by Crippen LogP contribution is 2.36. The van der Waals surface area contributed by atoms with Gasteiger partial charge in [-0.1, -0.05) is 24.6 Å². The summed E-state index contributed by atoms with van der Waals surface area (Å²) in [6, 6.07) is 3.97. The van der Waals surface area contributed by atoms with Crippen LogP contribution in [0.3, 0.4) is 0 Å². The zero-order valence-corrected chi connectivity index (χ0v) is 12.0. The van der Waals surface area contributed by atoms with Gasteiger partial charge < -0.3 is 4.52 Å². The second-order valence-electron chi connectivity index (χ2n) is 5.71. The fourth-order valence-corrected chi connectivity index (χ4v) is 3.01. The molecule has 1 aliphatic rings. The van der Waals surface area contributed by atoms with Crippen LogP contribution in [0.1, 0.15) is 62.2 Å². The van der Waals surface area contributed by atoms with Crippen molar-refractivity contribution >= 4 is 0 Å². The highest BCUT2D eigenvalue weighted by atomic mass is 16.5. The molecule has 4 nitrogen and oxygen atoms in total. The molecule has 0 amide bonds. The van der Waals surface area contributed by atoms with Gasteiger partial charge >= 0.3 is 0 Å². The third kappa shape index (κ3) is 3.06. The Morgan fingerprint density at radius 2 is 2.10 bits per heavy atom. The van der Waals surface area contributed by atoms with Crippen LogP contribution in [0.15, 0.2) is 29.0 Å². The Morgan fingerprint density at radius 3 is 2.80 bits per heavy atom. The quantitative estimate of drug-likeness (QED) is 0.850. The maximum atomic E-state index is 5.46. The molecule has 3 rings (SSSR count). The van der Waals surface area contributed by atoms with Crippen LogP contribution in [0, 0.1) is 5.92 Å². The van der Waals surface area contributed by atoms with Crippen LogP contribution in [-0.4, -0.2) is 15.1 Å². The number of hydrogen-bond donors (Lipinski definition) is 0. The highest BCUT2D eigenvalue weighted by molar-refractivity contribution is 5.14. The normalized spacial score (nSPS) is 22.9. The van der Waals surface area contributed by atoms with E-state index >= 15 is 0 Å². The summed E-state index contributed by atoms with van der Waals surface area (Å²) in [5.74, 6) is 2.96. The fourth-order valence-electron chi connectivity index (χ4n) is 3.01. The molecule has 0 bridgehead atoms. The van der Waals surface area contributed by atoms with Crippen LogP contribution in [0.2, 0.25) is 0 Å². The molecule has 20 heavy (non-hydrogen) atoms. The lowest BCUT2D eigenvalue weighted by atomic mass is 9.81. The first-order valence-electron chi connectivity index (χ1n) is 7.56. The Kier molecular flexibility index (Phi) is 4.09. The molecule has 0 atom stereocenters. The van der Waals surface area contributed by atoms with E-state index in [0.29, 0.717) is 12.3 Å². The summed E-state index contributed by atoms with van der Waals surface area (Å²) >= 11 is 0. The van der Waals surface area contributed by atoms with Crippen molar-refractivity contribution in [3.05, 3.63) is 41.8 Å². The van der Waals surface area contributed by atoms with E-state index in [1.165, 1.54) is 32.1 Å². The van der Waals surface area contributed by atoms with Crippen molar-refractivity contribution in [2.24, 2.45) is 5.92 Å². The van der Waals surface area contributed by atoms with Crippen LogP contribution in [0.5, 0.6) is 0 Å². The largest absolute Gasteiger partial charge is 0.339 e. The van der Waals surface area contributed by atoms with E-state index in [9.17, 15) is 0 Å². The average molecular weight is 271 g/mol. The summed E-state index contributed by atoms with van der Waals surface area (Å²) in [5, 5.41) is 4.11. The van der Waals surface area contributed by atoms with E-state index in [2.05, 4.69) is 22.0 Å². The molecule has 2 heterocycles. The summed E-state index contributed by atoms with van der Waals surface area (Å²) in [5.41, 5.74) is 1.12. The first-order valence-corrected chi connectivity index (χ1v) is 7.56. The summed E-state index contributed by atoms with van der Waals surface area (Å²) in [6.45, 7) is 2.28. The van der Waals surface area contributed by atoms with E-state index in [-0.39, 0.29) is 0 Å². The molecule has 0 N–H and O–H groups in total. The molecule has 4 heteroatoms. The second kappa shape index (κ2) is 6.16. The predicted octanol–water partition coefficient (Wildman–Crippen LogP) is 3.74. The predicted molar refractivity (Wildman–Crippen MR) is 76.3 cm³/mol. The second-order valence-corrected chi connectivity index (χ2v) is 5.71. The smallest absolute Gasteiger partial charge is 0.229 e. The van der Waals surface area contributed by atoms with Gasteiger partial charge in [-0.25, -0.2) is 0 Å². The van der Waals surface area contributed by atoms with Crippen molar-refractivity contribution in [2.75, 3.05) is 0 Å². The number of hydrogen-bond acceptors (Lipinski definition) is 4. The topological polar surface area (TPSA) is 51.8 Å². The van der Waals surface area contributed by atoms with Crippen molar-refractivity contribution < 1.29 is 4.52 Å². The highest BCUT2D eigenvalue weighted by Gasteiger charge is 2.25. The molecular formula is C16H21N3O. The maximum absolute atomic E-state index is 5.46. The molecular weight excluding hydrogens is 250 g/mol. The molecule has 0 spiro atoms.